The molecule has 0 fully saturated rings. The summed E-state index contributed by atoms with van der Waals surface area (Å²) in [4.78, 5) is 40.3. The van der Waals surface area contributed by atoms with E-state index in [4.69, 9.17) is 16.3 Å². The maximum absolute atomic E-state index is 13.6. The van der Waals surface area contributed by atoms with Crippen molar-refractivity contribution in [3.05, 3.63) is 125 Å². The number of rotatable bonds is 12. The quantitative estimate of drug-likeness (QED) is 0.110. The Morgan fingerprint density at radius 3 is 2.34 bits per heavy atom. The molecule has 4 aromatic carbocycles. The second kappa shape index (κ2) is 15.7. The van der Waals surface area contributed by atoms with Crippen molar-refractivity contribution >= 4 is 58.5 Å². The van der Waals surface area contributed by atoms with Crippen LogP contribution in [0.2, 0.25) is 5.02 Å². The van der Waals surface area contributed by atoms with Gasteiger partial charge < -0.3 is 20.7 Å². The molecule has 7 nitrogen and oxygen atoms in total. The number of carbonyl (C=O) groups is 3. The second-order valence-electron chi connectivity index (χ2n) is 9.46. The zero-order valence-corrected chi connectivity index (χ0v) is 25.7. The summed E-state index contributed by atoms with van der Waals surface area (Å²) in [6.45, 7) is 4.18. The Kier molecular flexibility index (Phi) is 11.6. The maximum Gasteiger partial charge on any atom is 0.272 e. The van der Waals surface area contributed by atoms with Gasteiger partial charge in [-0.3, -0.25) is 14.4 Å². The van der Waals surface area contributed by atoms with E-state index < -0.39 is 22.9 Å². The summed E-state index contributed by atoms with van der Waals surface area (Å²) in [5.41, 5.74) is 1.90. The number of hydrogen-bond acceptors (Lipinski definition) is 5. The molecule has 4 rings (SSSR count). The van der Waals surface area contributed by atoms with Crippen molar-refractivity contribution in [3.8, 4) is 5.75 Å². The van der Waals surface area contributed by atoms with Crippen molar-refractivity contribution in [2.24, 2.45) is 0 Å². The third kappa shape index (κ3) is 8.95. The highest BCUT2D eigenvalue weighted by Gasteiger charge is 2.20. The fraction of sp³-hybridized carbons (Fsp3) is 0.147. The van der Waals surface area contributed by atoms with E-state index in [1.807, 2.05) is 32.0 Å². The number of carbonyl (C=O) groups excluding carboxylic acids is 3. The normalized spacial score (nSPS) is 11.8. The van der Waals surface area contributed by atoms with Crippen molar-refractivity contribution in [3.63, 3.8) is 0 Å². The molecule has 0 radical (unpaired) electrons. The van der Waals surface area contributed by atoms with Gasteiger partial charge in [0.1, 0.15) is 17.3 Å². The molecule has 1 atom stereocenters. The van der Waals surface area contributed by atoms with Crippen LogP contribution in [0.25, 0.3) is 6.08 Å². The number of thioether (sulfide) groups is 1. The zero-order valence-electron chi connectivity index (χ0n) is 24.1. The molecule has 4 aromatic rings. The largest absolute Gasteiger partial charge is 0.493 e. The van der Waals surface area contributed by atoms with Crippen molar-refractivity contribution in [2.75, 3.05) is 17.2 Å². The van der Waals surface area contributed by atoms with Crippen LogP contribution in [-0.4, -0.2) is 29.6 Å². The first-order valence-corrected chi connectivity index (χ1v) is 15.2. The smallest absolute Gasteiger partial charge is 0.272 e. The third-order valence-electron chi connectivity index (χ3n) is 6.27. The Labute approximate surface area is 264 Å². The van der Waals surface area contributed by atoms with E-state index in [9.17, 15) is 18.8 Å². The summed E-state index contributed by atoms with van der Waals surface area (Å²) in [6, 6.07) is 26.9. The number of halogens is 2. The molecule has 44 heavy (non-hydrogen) atoms. The molecule has 3 N–H and O–H groups in total. The summed E-state index contributed by atoms with van der Waals surface area (Å²) >= 11 is 7.17. The lowest BCUT2D eigenvalue weighted by atomic mass is 10.1. The van der Waals surface area contributed by atoms with Gasteiger partial charge >= 0.3 is 0 Å². The molecule has 0 aromatic heterocycles. The first-order chi connectivity index (χ1) is 21.3. The molecule has 3 amide bonds. The Morgan fingerprint density at radius 1 is 0.886 bits per heavy atom. The number of anilines is 2. The molecule has 0 aliphatic rings. The van der Waals surface area contributed by atoms with Gasteiger partial charge in [-0.1, -0.05) is 61.0 Å². The number of nitrogens with one attached hydrogen (secondary N) is 3. The molecule has 0 aliphatic heterocycles. The summed E-state index contributed by atoms with van der Waals surface area (Å²) in [5, 5.41) is 7.81. The van der Waals surface area contributed by atoms with Crippen LogP contribution in [0, 0.1) is 5.82 Å². The molecule has 0 bridgehead atoms. The molecule has 0 saturated heterocycles. The fourth-order valence-corrected chi connectivity index (χ4v) is 5.31. The Morgan fingerprint density at radius 2 is 1.61 bits per heavy atom. The minimum Gasteiger partial charge on any atom is -0.493 e. The van der Waals surface area contributed by atoms with Gasteiger partial charge in [-0.15, -0.1) is 11.8 Å². The number of ether oxygens (including phenoxy) is 1. The van der Waals surface area contributed by atoms with Crippen LogP contribution in [0.1, 0.15) is 36.2 Å². The molecule has 0 aliphatic carbocycles. The zero-order chi connectivity index (χ0) is 31.5. The minimum atomic E-state index is -0.568. The summed E-state index contributed by atoms with van der Waals surface area (Å²) < 4.78 is 19.2. The highest BCUT2D eigenvalue weighted by atomic mass is 35.5. The molecule has 0 saturated carbocycles. The fourth-order valence-electron chi connectivity index (χ4n) is 4.11. The molecular weight excluding hydrogens is 601 g/mol. The number of amides is 3. The average Bonchev–Trinajstić information content (AvgIpc) is 3.02. The molecule has 10 heteroatoms. The highest BCUT2D eigenvalue weighted by molar-refractivity contribution is 8.00. The molecular formula is C34H31ClFN3O4S. The summed E-state index contributed by atoms with van der Waals surface area (Å²) in [5.74, 6) is -1.25. The van der Waals surface area contributed by atoms with Crippen LogP contribution in [0.15, 0.2) is 108 Å². The van der Waals surface area contributed by atoms with Crippen LogP contribution < -0.4 is 20.7 Å². The lowest BCUT2D eigenvalue weighted by molar-refractivity contribution is -0.116. The predicted molar refractivity (Wildman–Crippen MR) is 175 cm³/mol. The van der Waals surface area contributed by atoms with Crippen LogP contribution in [0.5, 0.6) is 5.75 Å². The van der Waals surface area contributed by atoms with Crippen LogP contribution in [0.4, 0.5) is 15.8 Å². The van der Waals surface area contributed by atoms with E-state index in [-0.39, 0.29) is 16.6 Å². The van der Waals surface area contributed by atoms with Crippen LogP contribution in [-0.2, 0) is 9.59 Å². The van der Waals surface area contributed by atoms with Crippen molar-refractivity contribution in [2.45, 2.75) is 30.4 Å². The van der Waals surface area contributed by atoms with E-state index in [0.29, 0.717) is 41.3 Å². The Bertz CT molecular complexity index is 1670. The predicted octanol–water partition coefficient (Wildman–Crippen LogP) is 7.80. The standard InChI is InChI=1S/C34H31ClFN3O4S/c1-3-31(34(42)38-25-17-18-28(36)27(35)21-25)44-26-15-10-14-24(20-26)37-33(41)29(39-32(40)22-11-6-5-7-12-22)19-23-13-8-9-16-30(23)43-4-2/h5-21,31H,3-4H2,1-2H3,(H,37,41)(H,38,42)(H,39,40)/b29-19+. The minimum absolute atomic E-state index is 0.0211. The van der Waals surface area contributed by atoms with E-state index in [1.165, 1.54) is 30.0 Å². The topological polar surface area (TPSA) is 96.5 Å². The SMILES string of the molecule is CCOc1ccccc1/C=C(/NC(=O)c1ccccc1)C(=O)Nc1cccc(SC(CC)C(=O)Nc2ccc(F)c(Cl)c2)c1. The first-order valence-electron chi connectivity index (χ1n) is 13.9. The van der Waals surface area contributed by atoms with E-state index in [2.05, 4.69) is 16.0 Å². The van der Waals surface area contributed by atoms with Gasteiger partial charge in [-0.05, 0) is 74.0 Å². The number of para-hydroxylation sites is 1. The summed E-state index contributed by atoms with van der Waals surface area (Å²) in [7, 11) is 0. The maximum atomic E-state index is 13.6. The molecule has 226 valence electrons. The van der Waals surface area contributed by atoms with Gasteiger partial charge in [0.15, 0.2) is 0 Å². The van der Waals surface area contributed by atoms with Gasteiger partial charge in [-0.25, -0.2) is 4.39 Å². The van der Waals surface area contributed by atoms with E-state index in [0.717, 1.165) is 4.90 Å². The summed E-state index contributed by atoms with van der Waals surface area (Å²) in [6.07, 6.45) is 2.08. The van der Waals surface area contributed by atoms with Gasteiger partial charge in [0.05, 0.1) is 16.9 Å². The van der Waals surface area contributed by atoms with E-state index in [1.54, 1.807) is 66.7 Å². The Hall–Kier alpha value is -4.60. The van der Waals surface area contributed by atoms with Crippen molar-refractivity contribution < 1.29 is 23.5 Å². The highest BCUT2D eigenvalue weighted by Crippen LogP contribution is 2.29. The van der Waals surface area contributed by atoms with Gasteiger partial charge in [0.25, 0.3) is 11.8 Å². The Balaban J connectivity index is 1.53. The third-order valence-corrected chi connectivity index (χ3v) is 7.92. The average molecular weight is 632 g/mol. The monoisotopic (exact) mass is 631 g/mol. The lowest BCUT2D eigenvalue weighted by Gasteiger charge is -2.16. The molecule has 0 heterocycles. The van der Waals surface area contributed by atoms with Gasteiger partial charge in [-0.2, -0.15) is 0 Å². The van der Waals surface area contributed by atoms with Crippen molar-refractivity contribution in [1.82, 2.24) is 5.32 Å². The second-order valence-corrected chi connectivity index (χ2v) is 11.1. The molecule has 0 spiro atoms. The van der Waals surface area contributed by atoms with Crippen molar-refractivity contribution in [1.29, 1.82) is 0 Å². The van der Waals surface area contributed by atoms with Crippen LogP contribution in [0.3, 0.4) is 0 Å². The van der Waals surface area contributed by atoms with Crippen LogP contribution >= 0.6 is 23.4 Å². The van der Waals surface area contributed by atoms with Gasteiger partial charge in [0.2, 0.25) is 5.91 Å². The number of benzene rings is 4. The van der Waals surface area contributed by atoms with Gasteiger partial charge in [0, 0.05) is 27.4 Å². The number of hydrogen-bond donors (Lipinski definition) is 3. The first kappa shape index (κ1) is 32.3. The molecule has 1 unspecified atom stereocenters. The van der Waals surface area contributed by atoms with E-state index >= 15 is 0 Å². The lowest BCUT2D eigenvalue weighted by Crippen LogP contribution is -2.30.